The average molecular weight is 466 g/mol. The lowest BCUT2D eigenvalue weighted by molar-refractivity contribution is -0.321. The molecule has 2 rings (SSSR count). The van der Waals surface area contributed by atoms with Gasteiger partial charge in [0, 0.05) is 27.7 Å². The third-order valence-electron chi connectivity index (χ3n) is 4.97. The van der Waals surface area contributed by atoms with Crippen LogP contribution in [0.4, 0.5) is 0 Å². The van der Waals surface area contributed by atoms with Crippen molar-refractivity contribution in [2.24, 2.45) is 0 Å². The molecule has 0 N–H and O–H groups in total. The fraction of sp³-hybridized carbons (Fsp3) is 0.565. The van der Waals surface area contributed by atoms with E-state index >= 15 is 0 Å². The molecule has 33 heavy (non-hydrogen) atoms. The molecule has 1 saturated heterocycles. The summed E-state index contributed by atoms with van der Waals surface area (Å²) in [6.45, 7) is 9.59. The van der Waals surface area contributed by atoms with E-state index < -0.39 is 54.1 Å². The van der Waals surface area contributed by atoms with Crippen LogP contribution in [-0.4, -0.2) is 60.7 Å². The molecule has 182 valence electrons. The summed E-state index contributed by atoms with van der Waals surface area (Å²) in [7, 11) is 0. The van der Waals surface area contributed by atoms with Gasteiger partial charge >= 0.3 is 23.9 Å². The van der Waals surface area contributed by atoms with Crippen LogP contribution in [0.2, 0.25) is 0 Å². The number of aryl methyl sites for hydroxylation is 2. The van der Waals surface area contributed by atoms with Crippen LogP contribution in [-0.2, 0) is 42.9 Å². The van der Waals surface area contributed by atoms with Crippen molar-refractivity contribution < 1.29 is 47.6 Å². The van der Waals surface area contributed by atoms with Gasteiger partial charge < -0.3 is 28.4 Å². The number of ether oxygens (including phenoxy) is 6. The number of benzene rings is 1. The molecule has 10 nitrogen and oxygen atoms in total. The van der Waals surface area contributed by atoms with E-state index in [9.17, 15) is 19.2 Å². The minimum absolute atomic E-state index is 0.325. The van der Waals surface area contributed by atoms with Crippen molar-refractivity contribution in [3.05, 3.63) is 29.3 Å². The Morgan fingerprint density at radius 2 is 1.58 bits per heavy atom. The summed E-state index contributed by atoms with van der Waals surface area (Å²) in [6.07, 6.45) is -4.97. The number of hydrogen-bond acceptors (Lipinski definition) is 10. The van der Waals surface area contributed by atoms with E-state index in [1.807, 2.05) is 26.0 Å². The van der Waals surface area contributed by atoms with Crippen LogP contribution in [0.5, 0.6) is 5.75 Å². The van der Waals surface area contributed by atoms with Crippen molar-refractivity contribution in [2.75, 3.05) is 6.61 Å². The van der Waals surface area contributed by atoms with Crippen molar-refractivity contribution in [2.45, 2.75) is 78.7 Å². The SMILES string of the molecule is CC(=O)OC[C@H]1O[C@H](Oc2ccc(C)cc2C)[C@@](C)(OC(C)=O)[C@@H](OC(C)=O)[C@@H]1OC(C)=O. The maximum absolute atomic E-state index is 12.0. The van der Waals surface area contributed by atoms with Gasteiger partial charge in [-0.25, -0.2) is 0 Å². The zero-order valence-electron chi connectivity index (χ0n) is 19.8. The van der Waals surface area contributed by atoms with Crippen LogP contribution >= 0.6 is 0 Å². The number of esters is 4. The Morgan fingerprint density at radius 3 is 2.09 bits per heavy atom. The molecule has 0 amide bonds. The minimum atomic E-state index is -1.72. The number of hydrogen-bond donors (Lipinski definition) is 0. The first-order valence-corrected chi connectivity index (χ1v) is 10.4. The Hall–Kier alpha value is -3.14. The van der Waals surface area contributed by atoms with Gasteiger partial charge in [-0.2, -0.15) is 0 Å². The molecule has 0 aliphatic carbocycles. The van der Waals surface area contributed by atoms with Crippen LogP contribution in [0.1, 0.15) is 45.7 Å². The molecule has 0 radical (unpaired) electrons. The Morgan fingerprint density at radius 1 is 0.939 bits per heavy atom. The summed E-state index contributed by atoms with van der Waals surface area (Å²) < 4.78 is 33.6. The third kappa shape index (κ3) is 6.67. The van der Waals surface area contributed by atoms with E-state index in [0.717, 1.165) is 25.0 Å². The Labute approximate surface area is 192 Å². The quantitative estimate of drug-likeness (QED) is 0.436. The second kappa shape index (κ2) is 10.7. The summed E-state index contributed by atoms with van der Waals surface area (Å²) in [4.78, 5) is 47.3. The lowest BCUT2D eigenvalue weighted by Crippen LogP contribution is -2.70. The van der Waals surface area contributed by atoms with Crippen molar-refractivity contribution in [3.63, 3.8) is 0 Å². The van der Waals surface area contributed by atoms with Gasteiger partial charge in [0.1, 0.15) is 18.5 Å². The van der Waals surface area contributed by atoms with Gasteiger partial charge in [0.15, 0.2) is 12.2 Å². The maximum Gasteiger partial charge on any atom is 0.303 e. The van der Waals surface area contributed by atoms with E-state index in [1.165, 1.54) is 20.8 Å². The highest BCUT2D eigenvalue weighted by Gasteiger charge is 2.61. The van der Waals surface area contributed by atoms with Gasteiger partial charge in [-0.1, -0.05) is 17.7 Å². The van der Waals surface area contributed by atoms with Crippen molar-refractivity contribution in [1.29, 1.82) is 0 Å². The van der Waals surface area contributed by atoms with Crippen molar-refractivity contribution in [1.82, 2.24) is 0 Å². The van der Waals surface area contributed by atoms with Crippen molar-refractivity contribution in [3.8, 4) is 5.75 Å². The molecular formula is C23H30O10. The van der Waals surface area contributed by atoms with Crippen molar-refractivity contribution >= 4 is 23.9 Å². The molecule has 1 aromatic rings. The Balaban J connectivity index is 2.57. The summed E-state index contributed by atoms with van der Waals surface area (Å²) in [6, 6.07) is 5.45. The van der Waals surface area contributed by atoms with E-state index in [-0.39, 0.29) is 6.61 Å². The van der Waals surface area contributed by atoms with E-state index in [1.54, 1.807) is 6.07 Å². The van der Waals surface area contributed by atoms with Gasteiger partial charge in [0.25, 0.3) is 0 Å². The van der Waals surface area contributed by atoms with Crippen LogP contribution in [0.25, 0.3) is 0 Å². The van der Waals surface area contributed by atoms with Crippen LogP contribution in [0.15, 0.2) is 18.2 Å². The van der Waals surface area contributed by atoms with Crippen LogP contribution < -0.4 is 4.74 Å². The van der Waals surface area contributed by atoms with Gasteiger partial charge in [-0.05, 0) is 32.4 Å². The minimum Gasteiger partial charge on any atom is -0.463 e. The fourth-order valence-corrected chi connectivity index (χ4v) is 3.66. The smallest absolute Gasteiger partial charge is 0.303 e. The molecule has 0 bridgehead atoms. The molecule has 0 unspecified atom stereocenters. The Bertz CT molecular complexity index is 911. The molecule has 10 heteroatoms. The first-order chi connectivity index (χ1) is 15.3. The second-order valence-corrected chi connectivity index (χ2v) is 8.08. The highest BCUT2D eigenvalue weighted by atomic mass is 16.7. The Kier molecular flexibility index (Phi) is 8.43. The second-order valence-electron chi connectivity index (χ2n) is 8.08. The molecular weight excluding hydrogens is 436 g/mol. The highest BCUT2D eigenvalue weighted by molar-refractivity contribution is 5.69. The predicted molar refractivity (Wildman–Crippen MR) is 113 cm³/mol. The molecule has 1 fully saturated rings. The predicted octanol–water partition coefficient (Wildman–Crippen LogP) is 2.16. The molecule has 0 aromatic heterocycles. The van der Waals surface area contributed by atoms with Gasteiger partial charge in [-0.3, -0.25) is 19.2 Å². The number of carbonyl (C=O) groups is 4. The average Bonchev–Trinajstić information content (AvgIpc) is 2.66. The lowest BCUT2D eigenvalue weighted by atomic mass is 9.87. The highest BCUT2D eigenvalue weighted by Crippen LogP contribution is 2.39. The molecule has 1 aliphatic rings. The standard InChI is InChI=1S/C23H30O10/c1-12-8-9-18(13(2)10-12)31-22-23(7,33-17(6)27)21(30-16(5)26)20(29-15(4)25)19(32-22)11-28-14(3)24/h8-10,19-22H,11H2,1-7H3/t19-,20-,21+,22+,23+/m1/s1. The van der Waals surface area contributed by atoms with Gasteiger partial charge in [0.05, 0.1) is 0 Å². The summed E-state index contributed by atoms with van der Waals surface area (Å²) >= 11 is 0. The monoisotopic (exact) mass is 466 g/mol. The normalized spacial score (nSPS) is 26.6. The number of carbonyl (C=O) groups excluding carboxylic acids is 4. The third-order valence-corrected chi connectivity index (χ3v) is 4.97. The van der Waals surface area contributed by atoms with Gasteiger partial charge in [-0.15, -0.1) is 0 Å². The zero-order chi connectivity index (χ0) is 24.9. The lowest BCUT2D eigenvalue weighted by Gasteiger charge is -2.49. The molecule has 1 heterocycles. The summed E-state index contributed by atoms with van der Waals surface area (Å²) in [5.74, 6) is -2.28. The van der Waals surface area contributed by atoms with E-state index in [0.29, 0.717) is 5.75 Å². The molecule has 0 spiro atoms. The molecule has 1 aliphatic heterocycles. The fourth-order valence-electron chi connectivity index (χ4n) is 3.66. The van der Waals surface area contributed by atoms with E-state index in [2.05, 4.69) is 0 Å². The zero-order valence-corrected chi connectivity index (χ0v) is 19.8. The largest absolute Gasteiger partial charge is 0.463 e. The number of rotatable bonds is 7. The van der Waals surface area contributed by atoms with Crippen LogP contribution in [0, 0.1) is 13.8 Å². The molecule has 1 aromatic carbocycles. The van der Waals surface area contributed by atoms with E-state index in [4.69, 9.17) is 28.4 Å². The summed E-state index contributed by atoms with van der Waals surface area (Å²) in [5.41, 5.74) is 0.0702. The molecule has 0 saturated carbocycles. The first-order valence-electron chi connectivity index (χ1n) is 10.4. The summed E-state index contributed by atoms with van der Waals surface area (Å²) in [5, 5.41) is 0. The molecule has 5 atom stereocenters. The van der Waals surface area contributed by atoms with Crippen LogP contribution in [0.3, 0.4) is 0 Å². The maximum atomic E-state index is 12.0. The first kappa shape index (κ1) is 26.1. The van der Waals surface area contributed by atoms with Gasteiger partial charge in [0.2, 0.25) is 11.9 Å². The topological polar surface area (TPSA) is 124 Å².